The molecule has 5 nitrogen and oxygen atoms in total. The van der Waals surface area contributed by atoms with Crippen LogP contribution >= 0.6 is 0 Å². The van der Waals surface area contributed by atoms with Gasteiger partial charge in [-0.2, -0.15) is 0 Å². The monoisotopic (exact) mass is 326 g/mol. The zero-order valence-corrected chi connectivity index (χ0v) is 14.2. The molecule has 0 unspecified atom stereocenters. The second-order valence-electron chi connectivity index (χ2n) is 6.35. The van der Waals surface area contributed by atoms with Gasteiger partial charge in [-0.1, -0.05) is 24.6 Å². The van der Waals surface area contributed by atoms with E-state index in [0.29, 0.717) is 5.56 Å². The van der Waals surface area contributed by atoms with Crippen LogP contribution in [0.15, 0.2) is 24.3 Å². The molecule has 1 aliphatic carbocycles. The average Bonchev–Trinajstić information content (AvgIpc) is 2.82. The third kappa shape index (κ3) is 3.25. The molecule has 0 saturated carbocycles. The molecule has 0 bridgehead atoms. The number of amides is 1. The fourth-order valence-corrected chi connectivity index (χ4v) is 3.11. The van der Waals surface area contributed by atoms with Gasteiger partial charge in [-0.05, 0) is 37.3 Å². The lowest BCUT2D eigenvalue weighted by Gasteiger charge is -2.15. The largest absolute Gasteiger partial charge is 0.452 e. The molecule has 1 aromatic heterocycles. The minimum Gasteiger partial charge on any atom is -0.452 e. The number of nitrogens with zero attached hydrogens (tertiary/aromatic N) is 2. The number of para-hydroxylation sites is 1. The summed E-state index contributed by atoms with van der Waals surface area (Å²) in [7, 11) is 3.29. The molecule has 0 N–H and O–H groups in total. The van der Waals surface area contributed by atoms with E-state index in [1.807, 2.05) is 24.3 Å². The summed E-state index contributed by atoms with van der Waals surface area (Å²) < 4.78 is 5.31. The number of benzene rings is 1. The van der Waals surface area contributed by atoms with Gasteiger partial charge < -0.3 is 9.64 Å². The second-order valence-corrected chi connectivity index (χ2v) is 6.35. The number of hydrogen-bond acceptors (Lipinski definition) is 4. The van der Waals surface area contributed by atoms with E-state index in [9.17, 15) is 9.59 Å². The molecular formula is C19H22N2O3. The summed E-state index contributed by atoms with van der Waals surface area (Å²) in [4.78, 5) is 30.6. The lowest BCUT2D eigenvalue weighted by molar-refractivity contribution is -0.131. The SMILES string of the molecule is CN(C)C(=O)COC(=O)c1c2c(nc3ccccc13)CCCCC2. The van der Waals surface area contributed by atoms with E-state index in [4.69, 9.17) is 9.72 Å². The van der Waals surface area contributed by atoms with Crippen molar-refractivity contribution in [2.75, 3.05) is 20.7 Å². The first-order chi connectivity index (χ1) is 11.6. The van der Waals surface area contributed by atoms with E-state index in [1.54, 1.807) is 14.1 Å². The molecule has 0 fully saturated rings. The van der Waals surface area contributed by atoms with Gasteiger partial charge in [0, 0.05) is 25.2 Å². The Morgan fingerprint density at radius 2 is 1.88 bits per heavy atom. The third-order valence-corrected chi connectivity index (χ3v) is 4.45. The summed E-state index contributed by atoms with van der Waals surface area (Å²) in [5, 5.41) is 0.806. The third-order valence-electron chi connectivity index (χ3n) is 4.45. The maximum atomic E-state index is 12.7. The maximum Gasteiger partial charge on any atom is 0.339 e. The predicted molar refractivity (Wildman–Crippen MR) is 92.0 cm³/mol. The van der Waals surface area contributed by atoms with Crippen molar-refractivity contribution in [1.29, 1.82) is 0 Å². The van der Waals surface area contributed by atoms with Crippen molar-refractivity contribution >= 4 is 22.8 Å². The van der Waals surface area contributed by atoms with Crippen LogP contribution in [0.4, 0.5) is 0 Å². The van der Waals surface area contributed by atoms with Crippen LogP contribution in [-0.4, -0.2) is 42.5 Å². The first-order valence-electron chi connectivity index (χ1n) is 8.35. The van der Waals surface area contributed by atoms with Crippen LogP contribution in [0.3, 0.4) is 0 Å². The standard InChI is InChI=1S/C19H22N2O3/c1-21(2)17(22)12-24-19(23)18-13-8-4-3-5-10-15(13)20-16-11-7-6-9-14(16)18/h6-7,9,11H,3-5,8,10,12H2,1-2H3. The fraction of sp³-hybridized carbons (Fsp3) is 0.421. The number of likely N-dealkylation sites (N-methyl/N-ethyl adjacent to an activating group) is 1. The molecule has 24 heavy (non-hydrogen) atoms. The number of esters is 1. The molecular weight excluding hydrogens is 304 g/mol. The Labute approximate surface area is 141 Å². The van der Waals surface area contributed by atoms with Gasteiger partial charge in [0.2, 0.25) is 0 Å². The Morgan fingerprint density at radius 3 is 2.67 bits per heavy atom. The molecule has 2 aromatic rings. The summed E-state index contributed by atoms with van der Waals surface area (Å²) in [6, 6.07) is 7.64. The van der Waals surface area contributed by atoms with Crippen molar-refractivity contribution in [2.24, 2.45) is 0 Å². The number of fused-ring (bicyclic) bond motifs is 2. The summed E-state index contributed by atoms with van der Waals surface area (Å²) in [6.45, 7) is -0.239. The Kier molecular flexibility index (Phi) is 4.79. The number of hydrogen-bond donors (Lipinski definition) is 0. The van der Waals surface area contributed by atoms with E-state index in [2.05, 4.69) is 0 Å². The van der Waals surface area contributed by atoms with Gasteiger partial charge >= 0.3 is 5.97 Å². The normalized spacial score (nSPS) is 13.9. The van der Waals surface area contributed by atoms with E-state index < -0.39 is 5.97 Å². The summed E-state index contributed by atoms with van der Waals surface area (Å²) in [5.74, 6) is -0.658. The highest BCUT2D eigenvalue weighted by Gasteiger charge is 2.23. The van der Waals surface area contributed by atoms with Crippen molar-refractivity contribution in [2.45, 2.75) is 32.1 Å². The van der Waals surface area contributed by atoms with Crippen LogP contribution in [0.25, 0.3) is 10.9 Å². The minimum atomic E-state index is -0.429. The summed E-state index contributed by atoms with van der Waals surface area (Å²) in [5.41, 5.74) is 3.39. The summed E-state index contributed by atoms with van der Waals surface area (Å²) >= 11 is 0. The lowest BCUT2D eigenvalue weighted by atomic mass is 9.97. The van der Waals surface area contributed by atoms with Gasteiger partial charge in [0.15, 0.2) is 6.61 Å². The molecule has 1 aromatic carbocycles. The van der Waals surface area contributed by atoms with Gasteiger partial charge in [-0.25, -0.2) is 4.79 Å². The van der Waals surface area contributed by atoms with Crippen molar-refractivity contribution in [3.05, 3.63) is 41.1 Å². The van der Waals surface area contributed by atoms with Gasteiger partial charge in [0.25, 0.3) is 5.91 Å². The van der Waals surface area contributed by atoms with Crippen molar-refractivity contribution in [3.63, 3.8) is 0 Å². The first kappa shape index (κ1) is 16.4. The maximum absolute atomic E-state index is 12.7. The van der Waals surface area contributed by atoms with Gasteiger partial charge in [-0.3, -0.25) is 9.78 Å². The number of carbonyl (C=O) groups excluding carboxylic acids is 2. The van der Waals surface area contributed by atoms with Crippen molar-refractivity contribution < 1.29 is 14.3 Å². The van der Waals surface area contributed by atoms with E-state index in [0.717, 1.165) is 54.3 Å². The molecule has 1 amide bonds. The van der Waals surface area contributed by atoms with Gasteiger partial charge in [0.1, 0.15) is 0 Å². The zero-order chi connectivity index (χ0) is 17.1. The van der Waals surface area contributed by atoms with E-state index in [1.165, 1.54) is 4.90 Å². The molecule has 126 valence electrons. The Morgan fingerprint density at radius 1 is 1.12 bits per heavy atom. The number of rotatable bonds is 3. The number of aryl methyl sites for hydroxylation is 1. The molecule has 0 radical (unpaired) electrons. The van der Waals surface area contributed by atoms with E-state index in [-0.39, 0.29) is 12.5 Å². The second kappa shape index (κ2) is 6.99. The summed E-state index contributed by atoms with van der Waals surface area (Å²) in [6.07, 6.45) is 4.99. The molecule has 3 rings (SSSR count). The van der Waals surface area contributed by atoms with Crippen molar-refractivity contribution in [1.82, 2.24) is 9.88 Å². The highest BCUT2D eigenvalue weighted by Crippen LogP contribution is 2.29. The van der Waals surface area contributed by atoms with Crippen LogP contribution < -0.4 is 0 Å². The molecule has 0 aliphatic heterocycles. The quantitative estimate of drug-likeness (QED) is 0.643. The predicted octanol–water partition coefficient (Wildman–Crippen LogP) is 2.75. The molecule has 1 aliphatic rings. The van der Waals surface area contributed by atoms with Crippen molar-refractivity contribution in [3.8, 4) is 0 Å². The smallest absolute Gasteiger partial charge is 0.339 e. The average molecular weight is 326 g/mol. The topological polar surface area (TPSA) is 59.5 Å². The molecule has 0 saturated heterocycles. The number of carbonyl (C=O) groups is 2. The van der Waals surface area contributed by atoms with E-state index >= 15 is 0 Å². The Balaban J connectivity index is 2.02. The Hall–Kier alpha value is -2.43. The molecule has 0 spiro atoms. The highest BCUT2D eigenvalue weighted by atomic mass is 16.5. The molecule has 5 heteroatoms. The van der Waals surface area contributed by atoms with Crippen LogP contribution in [0, 0.1) is 0 Å². The highest BCUT2D eigenvalue weighted by molar-refractivity contribution is 6.05. The van der Waals surface area contributed by atoms with Crippen LogP contribution in [0.2, 0.25) is 0 Å². The van der Waals surface area contributed by atoms with Gasteiger partial charge in [-0.15, -0.1) is 0 Å². The first-order valence-corrected chi connectivity index (χ1v) is 8.35. The van der Waals surface area contributed by atoms with Crippen LogP contribution in [0.5, 0.6) is 0 Å². The van der Waals surface area contributed by atoms with Crippen LogP contribution in [0.1, 0.15) is 40.9 Å². The van der Waals surface area contributed by atoms with Gasteiger partial charge in [0.05, 0.1) is 11.1 Å². The minimum absolute atomic E-state index is 0.229. The molecule has 0 atom stereocenters. The molecule has 1 heterocycles. The number of ether oxygens (including phenoxy) is 1. The number of aromatic nitrogens is 1. The fourth-order valence-electron chi connectivity index (χ4n) is 3.11. The zero-order valence-electron chi connectivity index (χ0n) is 14.2. The number of pyridine rings is 1. The van der Waals surface area contributed by atoms with Crippen LogP contribution in [-0.2, 0) is 22.4 Å². The Bertz CT molecular complexity index is 784. The lowest BCUT2D eigenvalue weighted by Crippen LogP contribution is -2.28.